The molecule has 2 aliphatic heterocycles. The second-order valence-corrected chi connectivity index (χ2v) is 8.29. The molecule has 2 aliphatic rings. The highest BCUT2D eigenvalue weighted by molar-refractivity contribution is 6.05. The van der Waals surface area contributed by atoms with E-state index in [1.807, 2.05) is 43.0 Å². The largest absolute Gasteiger partial charge is 0.383 e. The number of hydrogen-bond donors (Lipinski definition) is 2. The van der Waals surface area contributed by atoms with Gasteiger partial charge in [-0.25, -0.2) is 0 Å². The lowest BCUT2D eigenvalue weighted by Crippen LogP contribution is -2.55. The van der Waals surface area contributed by atoms with E-state index in [1.165, 1.54) is 5.56 Å². The molecule has 0 bridgehead atoms. The molecule has 1 atom stereocenters. The van der Waals surface area contributed by atoms with Crippen molar-refractivity contribution in [1.82, 2.24) is 10.2 Å². The zero-order valence-corrected chi connectivity index (χ0v) is 18.0. The van der Waals surface area contributed by atoms with Gasteiger partial charge in [-0.2, -0.15) is 0 Å². The summed E-state index contributed by atoms with van der Waals surface area (Å²) in [5.74, 6) is 0.971. The van der Waals surface area contributed by atoms with Crippen LogP contribution >= 0.6 is 0 Å². The molecule has 0 aliphatic carbocycles. The molecule has 6 heteroatoms. The summed E-state index contributed by atoms with van der Waals surface area (Å²) in [5, 5.41) is 7.28. The quantitative estimate of drug-likeness (QED) is 0.766. The van der Waals surface area contributed by atoms with Crippen molar-refractivity contribution in [2.75, 3.05) is 38.7 Å². The number of methoxy groups -OCH3 is 1. The lowest BCUT2D eigenvalue weighted by atomic mass is 9.96. The highest BCUT2D eigenvalue weighted by atomic mass is 16.5. The Morgan fingerprint density at radius 3 is 2.73 bits per heavy atom. The van der Waals surface area contributed by atoms with Gasteiger partial charge in [0.2, 0.25) is 0 Å². The molecule has 1 spiro atoms. The molecule has 1 amide bonds. The van der Waals surface area contributed by atoms with Crippen molar-refractivity contribution < 1.29 is 9.53 Å². The zero-order valence-electron chi connectivity index (χ0n) is 18.0. The number of carbonyl (C=O) groups excluding carboxylic acids is 1. The van der Waals surface area contributed by atoms with Crippen molar-refractivity contribution >= 4 is 17.4 Å². The second kappa shape index (κ2) is 8.58. The van der Waals surface area contributed by atoms with Crippen LogP contribution in [0.3, 0.4) is 0 Å². The maximum Gasteiger partial charge on any atom is 0.253 e. The van der Waals surface area contributed by atoms with E-state index >= 15 is 0 Å². The van der Waals surface area contributed by atoms with E-state index in [4.69, 9.17) is 9.73 Å². The summed E-state index contributed by atoms with van der Waals surface area (Å²) >= 11 is 0. The number of para-hydroxylation sites is 1. The fourth-order valence-electron chi connectivity index (χ4n) is 4.43. The van der Waals surface area contributed by atoms with Gasteiger partial charge in [0.15, 0.2) is 0 Å². The van der Waals surface area contributed by atoms with E-state index < -0.39 is 0 Å². The fourth-order valence-corrected chi connectivity index (χ4v) is 4.43. The van der Waals surface area contributed by atoms with Gasteiger partial charge in [-0.15, -0.1) is 0 Å². The lowest BCUT2D eigenvalue weighted by molar-refractivity contribution is 0.0785. The molecule has 1 fully saturated rings. The number of hydrogen-bond acceptors (Lipinski definition) is 4. The summed E-state index contributed by atoms with van der Waals surface area (Å²) in [5.41, 5.74) is 4.86. The number of aryl methyl sites for hydroxylation is 2. The maximum absolute atomic E-state index is 13.3. The Morgan fingerprint density at radius 2 is 1.97 bits per heavy atom. The number of benzene rings is 2. The van der Waals surface area contributed by atoms with Crippen LogP contribution in [0.25, 0.3) is 0 Å². The molecule has 2 aromatic rings. The van der Waals surface area contributed by atoms with E-state index in [9.17, 15) is 4.79 Å². The first-order chi connectivity index (χ1) is 14.5. The number of nitrogens with zero attached hydrogens (tertiary/aromatic N) is 2. The molecule has 0 aromatic heterocycles. The highest BCUT2D eigenvalue weighted by Gasteiger charge is 2.45. The highest BCUT2D eigenvalue weighted by Crippen LogP contribution is 2.30. The van der Waals surface area contributed by atoms with E-state index in [-0.39, 0.29) is 11.4 Å². The van der Waals surface area contributed by atoms with Gasteiger partial charge in [-0.05, 0) is 44.0 Å². The van der Waals surface area contributed by atoms with Crippen molar-refractivity contribution in [3.05, 3.63) is 64.7 Å². The summed E-state index contributed by atoms with van der Waals surface area (Å²) in [6.07, 6.45) is 0.816. The first-order valence-corrected chi connectivity index (χ1v) is 10.5. The smallest absolute Gasteiger partial charge is 0.253 e. The molecule has 0 radical (unpaired) electrons. The van der Waals surface area contributed by atoms with Gasteiger partial charge >= 0.3 is 0 Å². The minimum atomic E-state index is -0.388. The van der Waals surface area contributed by atoms with E-state index in [2.05, 4.69) is 28.8 Å². The predicted molar refractivity (Wildman–Crippen MR) is 120 cm³/mol. The number of fused-ring (bicyclic) bond motifs is 1. The molecular weight excluding hydrogens is 376 g/mol. The van der Waals surface area contributed by atoms with Crippen LogP contribution in [0.4, 0.5) is 5.69 Å². The normalized spacial score (nSPS) is 22.1. The number of amidine groups is 1. The average Bonchev–Trinajstić information content (AvgIpc) is 3.10. The van der Waals surface area contributed by atoms with Gasteiger partial charge < -0.3 is 15.0 Å². The third-order valence-corrected chi connectivity index (χ3v) is 5.93. The number of ether oxygens (including phenoxy) is 1. The lowest BCUT2D eigenvalue weighted by Gasteiger charge is -2.30. The molecular formula is C24H30N4O2. The average molecular weight is 407 g/mol. The number of nitrogens with one attached hydrogen (secondary N) is 2. The Labute approximate surface area is 178 Å². The Morgan fingerprint density at radius 1 is 1.20 bits per heavy atom. The fraction of sp³-hybridized carbons (Fsp3) is 0.417. The molecule has 2 N–H and O–H groups in total. The van der Waals surface area contributed by atoms with Gasteiger partial charge in [-0.1, -0.05) is 35.4 Å². The predicted octanol–water partition coefficient (Wildman–Crippen LogP) is 3.15. The standard InChI is InChI=1S/C24H30N4O2/c1-17-12-18(2)14-20(13-17)22(29)28-10-8-24(16-28)23(25-9-11-30-3)27-21-7-5-4-6-19(21)15-26-24/h4-7,12-14,26H,8-11,15-16H2,1-3H3,(H,25,27). The van der Waals surface area contributed by atoms with Crippen LogP contribution < -0.4 is 10.6 Å². The third kappa shape index (κ3) is 4.11. The van der Waals surface area contributed by atoms with Crippen LogP contribution in [0, 0.1) is 13.8 Å². The van der Waals surface area contributed by atoms with Crippen LogP contribution in [0.2, 0.25) is 0 Å². The SMILES string of the molecule is COCCN=C1Nc2ccccc2CNC12CCN(C(=O)c1cc(C)cc(C)c1)C2. The van der Waals surface area contributed by atoms with Gasteiger partial charge in [0, 0.05) is 38.0 Å². The maximum atomic E-state index is 13.3. The Balaban J connectivity index is 1.61. The van der Waals surface area contributed by atoms with Gasteiger partial charge in [0.1, 0.15) is 5.84 Å². The van der Waals surface area contributed by atoms with Crippen LogP contribution in [-0.2, 0) is 11.3 Å². The number of aliphatic imine (C=N–C) groups is 1. The molecule has 1 unspecified atom stereocenters. The first-order valence-electron chi connectivity index (χ1n) is 10.5. The molecule has 0 saturated carbocycles. The number of anilines is 1. The number of carbonyl (C=O) groups is 1. The van der Waals surface area contributed by atoms with Crippen molar-refractivity contribution in [3.8, 4) is 0 Å². The Kier molecular flexibility index (Phi) is 5.88. The van der Waals surface area contributed by atoms with Crippen molar-refractivity contribution in [3.63, 3.8) is 0 Å². The van der Waals surface area contributed by atoms with Crippen LogP contribution in [0.1, 0.15) is 33.5 Å². The topological polar surface area (TPSA) is 66.0 Å². The minimum absolute atomic E-state index is 0.0819. The third-order valence-electron chi connectivity index (χ3n) is 5.93. The summed E-state index contributed by atoms with van der Waals surface area (Å²) in [6, 6.07) is 14.3. The molecule has 6 nitrogen and oxygen atoms in total. The monoisotopic (exact) mass is 406 g/mol. The second-order valence-electron chi connectivity index (χ2n) is 8.29. The summed E-state index contributed by atoms with van der Waals surface area (Å²) in [7, 11) is 1.68. The van der Waals surface area contributed by atoms with Gasteiger partial charge in [0.05, 0.1) is 18.7 Å². The van der Waals surface area contributed by atoms with E-state index in [1.54, 1.807) is 7.11 Å². The number of likely N-dealkylation sites (tertiary alicyclic amines) is 1. The van der Waals surface area contributed by atoms with E-state index in [0.29, 0.717) is 26.2 Å². The van der Waals surface area contributed by atoms with Gasteiger partial charge in [-0.3, -0.25) is 15.1 Å². The molecule has 158 valence electrons. The Hall–Kier alpha value is -2.70. The van der Waals surface area contributed by atoms with Crippen molar-refractivity contribution in [1.29, 1.82) is 0 Å². The molecule has 30 heavy (non-hydrogen) atoms. The molecule has 2 aromatic carbocycles. The molecule has 2 heterocycles. The summed E-state index contributed by atoms with van der Waals surface area (Å²) in [4.78, 5) is 20.1. The van der Waals surface area contributed by atoms with Crippen LogP contribution in [-0.4, -0.2) is 55.5 Å². The first kappa shape index (κ1) is 20.6. The summed E-state index contributed by atoms with van der Waals surface area (Å²) in [6.45, 7) is 7.22. The summed E-state index contributed by atoms with van der Waals surface area (Å²) < 4.78 is 5.20. The van der Waals surface area contributed by atoms with Crippen LogP contribution in [0.15, 0.2) is 47.5 Å². The van der Waals surface area contributed by atoms with Crippen molar-refractivity contribution in [2.24, 2.45) is 4.99 Å². The van der Waals surface area contributed by atoms with Crippen LogP contribution in [0.5, 0.6) is 0 Å². The van der Waals surface area contributed by atoms with Gasteiger partial charge in [0.25, 0.3) is 5.91 Å². The van der Waals surface area contributed by atoms with Crippen molar-refractivity contribution in [2.45, 2.75) is 32.4 Å². The number of rotatable bonds is 4. The molecule has 1 saturated heterocycles. The molecule has 4 rings (SSSR count). The minimum Gasteiger partial charge on any atom is -0.383 e. The Bertz CT molecular complexity index is 951. The zero-order chi connectivity index (χ0) is 21.1. The number of amides is 1. The van der Waals surface area contributed by atoms with E-state index in [0.717, 1.165) is 41.2 Å².